The van der Waals surface area contributed by atoms with Crippen molar-refractivity contribution in [2.75, 3.05) is 13.1 Å². The van der Waals surface area contributed by atoms with Gasteiger partial charge in [0.2, 0.25) is 0 Å². The molecule has 0 aromatic heterocycles. The molecule has 28 heavy (non-hydrogen) atoms. The monoisotopic (exact) mass is 372 g/mol. The number of benzene rings is 3. The van der Waals surface area contributed by atoms with E-state index in [4.69, 9.17) is 0 Å². The lowest BCUT2D eigenvalue weighted by atomic mass is 10.1. The predicted molar refractivity (Wildman–Crippen MR) is 120 cm³/mol. The maximum absolute atomic E-state index is 3.54. The molecule has 2 N–H and O–H groups in total. The second-order valence-corrected chi connectivity index (χ2v) is 7.64. The van der Waals surface area contributed by atoms with Crippen LogP contribution < -0.4 is 10.6 Å². The Labute approximate surface area is 170 Å². The fraction of sp³-hybridized carbons (Fsp3) is 0.308. The van der Waals surface area contributed by atoms with Crippen molar-refractivity contribution < 1.29 is 0 Å². The highest BCUT2D eigenvalue weighted by atomic mass is 14.8. The maximum Gasteiger partial charge on any atom is 0.0205 e. The van der Waals surface area contributed by atoms with Gasteiger partial charge in [0, 0.05) is 13.1 Å². The SMILES string of the molecule is Cc1ccc(CNCCc2ccc(CCNCc3ccc(C)cc3)cc2)cc1. The summed E-state index contributed by atoms with van der Waals surface area (Å²) < 4.78 is 0. The quantitative estimate of drug-likeness (QED) is 0.491. The molecule has 0 heterocycles. The number of aryl methyl sites for hydroxylation is 2. The van der Waals surface area contributed by atoms with Crippen LogP contribution in [0.5, 0.6) is 0 Å². The van der Waals surface area contributed by atoms with E-state index in [0.29, 0.717) is 0 Å². The van der Waals surface area contributed by atoms with Crippen molar-refractivity contribution in [3.05, 3.63) is 106 Å². The molecule has 0 saturated carbocycles. The van der Waals surface area contributed by atoms with E-state index in [1.165, 1.54) is 33.4 Å². The summed E-state index contributed by atoms with van der Waals surface area (Å²) in [6, 6.07) is 26.5. The minimum absolute atomic E-state index is 0.936. The van der Waals surface area contributed by atoms with Gasteiger partial charge in [-0.1, -0.05) is 83.9 Å². The third-order valence-corrected chi connectivity index (χ3v) is 5.10. The summed E-state index contributed by atoms with van der Waals surface area (Å²) in [5.74, 6) is 0. The van der Waals surface area contributed by atoms with Crippen LogP contribution in [0, 0.1) is 13.8 Å². The van der Waals surface area contributed by atoms with Gasteiger partial charge in [0.15, 0.2) is 0 Å². The molecule has 0 saturated heterocycles. The molecular formula is C26H32N2. The zero-order chi connectivity index (χ0) is 19.6. The van der Waals surface area contributed by atoms with Gasteiger partial charge in [-0.3, -0.25) is 0 Å². The Morgan fingerprint density at radius 1 is 0.464 bits per heavy atom. The third kappa shape index (κ3) is 6.95. The fourth-order valence-electron chi connectivity index (χ4n) is 3.22. The van der Waals surface area contributed by atoms with Gasteiger partial charge < -0.3 is 10.6 Å². The van der Waals surface area contributed by atoms with Crippen LogP contribution in [0.4, 0.5) is 0 Å². The van der Waals surface area contributed by atoms with Crippen LogP contribution >= 0.6 is 0 Å². The summed E-state index contributed by atoms with van der Waals surface area (Å²) in [6.45, 7) is 8.13. The second-order valence-electron chi connectivity index (χ2n) is 7.64. The molecule has 146 valence electrons. The molecule has 2 heteroatoms. The van der Waals surface area contributed by atoms with Crippen LogP contribution in [0.15, 0.2) is 72.8 Å². The molecule has 3 aromatic carbocycles. The number of rotatable bonds is 10. The van der Waals surface area contributed by atoms with Gasteiger partial charge in [0.1, 0.15) is 0 Å². The van der Waals surface area contributed by atoms with E-state index < -0.39 is 0 Å². The van der Waals surface area contributed by atoms with Crippen molar-refractivity contribution in [1.29, 1.82) is 0 Å². The van der Waals surface area contributed by atoms with Crippen molar-refractivity contribution in [1.82, 2.24) is 10.6 Å². The Bertz CT molecular complexity index is 745. The predicted octanol–water partition coefficient (Wildman–Crippen LogP) is 4.97. The number of nitrogens with one attached hydrogen (secondary N) is 2. The standard InChI is InChI=1S/C26H32N2/c1-21-3-7-25(8-4-21)19-27-17-15-23-11-13-24(14-12-23)16-18-28-20-26-9-5-22(2)6-10-26/h3-14,27-28H,15-20H2,1-2H3. The molecule has 3 rings (SSSR count). The minimum atomic E-state index is 0.936. The third-order valence-electron chi connectivity index (χ3n) is 5.10. The molecule has 2 nitrogen and oxygen atoms in total. The molecule has 0 aliphatic carbocycles. The Kier molecular flexibility index (Phi) is 7.83. The van der Waals surface area contributed by atoms with Crippen molar-refractivity contribution >= 4 is 0 Å². The van der Waals surface area contributed by atoms with E-state index in [9.17, 15) is 0 Å². The number of hydrogen-bond donors (Lipinski definition) is 2. The highest BCUT2D eigenvalue weighted by molar-refractivity contribution is 5.24. The molecule has 0 aliphatic heterocycles. The van der Waals surface area contributed by atoms with Crippen LogP contribution in [-0.4, -0.2) is 13.1 Å². The molecule has 0 atom stereocenters. The van der Waals surface area contributed by atoms with Crippen molar-refractivity contribution in [3.63, 3.8) is 0 Å². The summed E-state index contributed by atoms with van der Waals surface area (Å²) in [6.07, 6.45) is 2.13. The topological polar surface area (TPSA) is 24.1 Å². The molecule has 0 unspecified atom stereocenters. The minimum Gasteiger partial charge on any atom is -0.312 e. The van der Waals surface area contributed by atoms with Gasteiger partial charge in [-0.2, -0.15) is 0 Å². The van der Waals surface area contributed by atoms with Crippen molar-refractivity contribution in [3.8, 4) is 0 Å². The van der Waals surface area contributed by atoms with E-state index in [1.807, 2.05) is 0 Å². The molecule has 0 radical (unpaired) electrons. The lowest BCUT2D eigenvalue weighted by Crippen LogP contribution is -2.17. The van der Waals surface area contributed by atoms with Gasteiger partial charge in [0.25, 0.3) is 0 Å². The average Bonchev–Trinajstić information content (AvgIpc) is 2.72. The zero-order valence-corrected chi connectivity index (χ0v) is 17.2. The Morgan fingerprint density at radius 3 is 1.14 bits per heavy atom. The first-order chi connectivity index (χ1) is 13.7. The highest BCUT2D eigenvalue weighted by Gasteiger charge is 1.98. The van der Waals surface area contributed by atoms with E-state index >= 15 is 0 Å². The first kappa shape index (κ1) is 20.3. The van der Waals surface area contributed by atoms with Gasteiger partial charge in [-0.25, -0.2) is 0 Å². The van der Waals surface area contributed by atoms with Crippen LogP contribution in [0.3, 0.4) is 0 Å². The Morgan fingerprint density at radius 2 is 0.786 bits per heavy atom. The maximum atomic E-state index is 3.54. The molecule has 0 spiro atoms. The summed E-state index contributed by atoms with van der Waals surface area (Å²) in [5, 5.41) is 7.07. The molecule has 0 amide bonds. The van der Waals surface area contributed by atoms with E-state index in [2.05, 4.69) is 97.3 Å². The molecular weight excluding hydrogens is 340 g/mol. The fourth-order valence-corrected chi connectivity index (χ4v) is 3.22. The van der Waals surface area contributed by atoms with Crippen LogP contribution in [-0.2, 0) is 25.9 Å². The van der Waals surface area contributed by atoms with Gasteiger partial charge in [0.05, 0.1) is 0 Å². The van der Waals surface area contributed by atoms with Gasteiger partial charge >= 0.3 is 0 Å². The van der Waals surface area contributed by atoms with Crippen molar-refractivity contribution in [2.24, 2.45) is 0 Å². The highest BCUT2D eigenvalue weighted by Crippen LogP contribution is 2.07. The molecule has 0 fully saturated rings. The lowest BCUT2D eigenvalue weighted by molar-refractivity contribution is 0.683. The van der Waals surface area contributed by atoms with E-state index in [0.717, 1.165) is 39.0 Å². The second kappa shape index (κ2) is 10.8. The summed E-state index contributed by atoms with van der Waals surface area (Å²) in [4.78, 5) is 0. The normalized spacial score (nSPS) is 10.9. The van der Waals surface area contributed by atoms with Crippen LogP contribution in [0.2, 0.25) is 0 Å². The number of hydrogen-bond acceptors (Lipinski definition) is 2. The van der Waals surface area contributed by atoms with Gasteiger partial charge in [-0.15, -0.1) is 0 Å². The molecule has 3 aromatic rings. The Balaban J connectivity index is 1.31. The summed E-state index contributed by atoms with van der Waals surface area (Å²) in [7, 11) is 0. The van der Waals surface area contributed by atoms with Crippen LogP contribution in [0.25, 0.3) is 0 Å². The molecule has 0 bridgehead atoms. The summed E-state index contributed by atoms with van der Waals surface area (Å²) >= 11 is 0. The van der Waals surface area contributed by atoms with Gasteiger partial charge in [-0.05, 0) is 62.0 Å². The summed E-state index contributed by atoms with van der Waals surface area (Å²) in [5.41, 5.74) is 8.11. The van der Waals surface area contributed by atoms with Crippen LogP contribution in [0.1, 0.15) is 33.4 Å². The van der Waals surface area contributed by atoms with Crippen molar-refractivity contribution in [2.45, 2.75) is 39.8 Å². The largest absolute Gasteiger partial charge is 0.312 e. The smallest absolute Gasteiger partial charge is 0.0205 e. The average molecular weight is 373 g/mol. The Hall–Kier alpha value is -2.42. The molecule has 0 aliphatic rings. The van der Waals surface area contributed by atoms with E-state index in [1.54, 1.807) is 0 Å². The lowest BCUT2D eigenvalue weighted by Gasteiger charge is -2.08. The first-order valence-electron chi connectivity index (χ1n) is 10.3. The zero-order valence-electron chi connectivity index (χ0n) is 17.2. The first-order valence-corrected chi connectivity index (χ1v) is 10.3. The van der Waals surface area contributed by atoms with E-state index in [-0.39, 0.29) is 0 Å².